The van der Waals surface area contributed by atoms with Crippen molar-refractivity contribution in [3.8, 4) is 5.69 Å². The first kappa shape index (κ1) is 20.9. The molecule has 4 rings (SSSR count). The van der Waals surface area contributed by atoms with Crippen molar-refractivity contribution in [2.24, 2.45) is 0 Å². The fourth-order valence-electron chi connectivity index (χ4n) is 3.73. The van der Waals surface area contributed by atoms with Crippen LogP contribution in [0, 0.1) is 13.8 Å². The first-order valence-corrected chi connectivity index (χ1v) is 9.95. The van der Waals surface area contributed by atoms with Gasteiger partial charge in [0.05, 0.1) is 16.9 Å². The number of rotatable bonds is 3. The Hall–Kier alpha value is -3.36. The molecule has 6 nitrogen and oxygen atoms in total. The molecule has 1 saturated heterocycles. The van der Waals surface area contributed by atoms with Crippen molar-refractivity contribution < 1.29 is 18.0 Å². The Morgan fingerprint density at radius 2 is 1.61 bits per heavy atom. The van der Waals surface area contributed by atoms with Gasteiger partial charge in [-0.15, -0.1) is 5.10 Å². The van der Waals surface area contributed by atoms with E-state index >= 15 is 0 Å². The Morgan fingerprint density at radius 1 is 0.935 bits per heavy atom. The third-order valence-electron chi connectivity index (χ3n) is 5.45. The average Bonchev–Trinajstić information content (AvgIpc) is 3.14. The number of halogens is 3. The number of carbonyl (C=O) groups is 1. The normalized spacial score (nSPS) is 14.7. The summed E-state index contributed by atoms with van der Waals surface area (Å²) in [6.45, 7) is 5.45. The molecule has 1 amide bonds. The number of nitrogens with zero attached hydrogens (tertiary/aromatic N) is 5. The van der Waals surface area contributed by atoms with E-state index in [4.69, 9.17) is 0 Å². The van der Waals surface area contributed by atoms with Crippen LogP contribution >= 0.6 is 0 Å². The van der Waals surface area contributed by atoms with Crippen LogP contribution in [0.15, 0.2) is 48.5 Å². The lowest BCUT2D eigenvalue weighted by Crippen LogP contribution is -2.49. The summed E-state index contributed by atoms with van der Waals surface area (Å²) in [4.78, 5) is 16.5. The van der Waals surface area contributed by atoms with E-state index in [1.54, 1.807) is 22.6 Å². The molecule has 0 atom stereocenters. The highest BCUT2D eigenvalue weighted by Gasteiger charge is 2.32. The van der Waals surface area contributed by atoms with Crippen LogP contribution in [-0.2, 0) is 6.18 Å². The molecule has 1 aliphatic heterocycles. The van der Waals surface area contributed by atoms with Gasteiger partial charge in [-0.25, -0.2) is 4.68 Å². The molecular weight excluding hydrogens is 407 g/mol. The number of benzene rings is 2. The van der Waals surface area contributed by atoms with Crippen molar-refractivity contribution in [2.45, 2.75) is 20.0 Å². The van der Waals surface area contributed by atoms with Crippen molar-refractivity contribution in [1.29, 1.82) is 0 Å². The summed E-state index contributed by atoms with van der Waals surface area (Å²) in [5, 5.41) is 8.24. The molecule has 1 fully saturated rings. The number of aryl methyl sites for hydroxylation is 1. The van der Waals surface area contributed by atoms with Gasteiger partial charge in [-0.05, 0) is 49.7 Å². The van der Waals surface area contributed by atoms with Gasteiger partial charge in [0.1, 0.15) is 0 Å². The molecular formula is C22H22F3N5O. The van der Waals surface area contributed by atoms with Gasteiger partial charge in [-0.2, -0.15) is 13.2 Å². The molecule has 0 radical (unpaired) electrons. The SMILES string of the molecule is Cc1cccc(-n2nnc(C(=O)N3CCN(c4cccc(C(F)(F)F)c4)CC3)c2C)c1. The molecule has 0 aliphatic carbocycles. The van der Waals surface area contributed by atoms with Crippen LogP contribution in [0.25, 0.3) is 5.69 Å². The smallest absolute Gasteiger partial charge is 0.368 e. The van der Waals surface area contributed by atoms with Crippen LogP contribution in [-0.4, -0.2) is 52.0 Å². The zero-order chi connectivity index (χ0) is 22.2. The van der Waals surface area contributed by atoms with E-state index in [9.17, 15) is 18.0 Å². The molecule has 162 valence electrons. The monoisotopic (exact) mass is 429 g/mol. The van der Waals surface area contributed by atoms with Crippen molar-refractivity contribution in [2.75, 3.05) is 31.1 Å². The highest BCUT2D eigenvalue weighted by atomic mass is 19.4. The predicted molar refractivity (Wildman–Crippen MR) is 110 cm³/mol. The van der Waals surface area contributed by atoms with Crippen LogP contribution in [0.4, 0.5) is 18.9 Å². The number of carbonyl (C=O) groups excluding carboxylic acids is 1. The van der Waals surface area contributed by atoms with Crippen molar-refractivity contribution in [3.63, 3.8) is 0 Å². The highest BCUT2D eigenvalue weighted by molar-refractivity contribution is 5.93. The van der Waals surface area contributed by atoms with Gasteiger partial charge in [-0.3, -0.25) is 4.79 Å². The second-order valence-corrected chi connectivity index (χ2v) is 7.60. The third-order valence-corrected chi connectivity index (χ3v) is 5.45. The summed E-state index contributed by atoms with van der Waals surface area (Å²) in [7, 11) is 0. The van der Waals surface area contributed by atoms with Crippen molar-refractivity contribution >= 4 is 11.6 Å². The molecule has 0 saturated carbocycles. The number of aromatic nitrogens is 3. The van der Waals surface area contributed by atoms with E-state index in [1.165, 1.54) is 6.07 Å². The van der Waals surface area contributed by atoms with Gasteiger partial charge in [-0.1, -0.05) is 23.4 Å². The lowest BCUT2D eigenvalue weighted by Gasteiger charge is -2.36. The zero-order valence-corrected chi connectivity index (χ0v) is 17.2. The Morgan fingerprint density at radius 3 is 2.29 bits per heavy atom. The van der Waals surface area contributed by atoms with Crippen molar-refractivity contribution in [1.82, 2.24) is 19.9 Å². The molecule has 2 aromatic carbocycles. The number of hydrogen-bond donors (Lipinski definition) is 0. The molecule has 0 bridgehead atoms. The molecule has 31 heavy (non-hydrogen) atoms. The fourth-order valence-corrected chi connectivity index (χ4v) is 3.73. The highest BCUT2D eigenvalue weighted by Crippen LogP contribution is 2.32. The maximum absolute atomic E-state index is 13.0. The van der Waals surface area contributed by atoms with E-state index in [-0.39, 0.29) is 11.6 Å². The van der Waals surface area contributed by atoms with Crippen LogP contribution in [0.3, 0.4) is 0 Å². The molecule has 1 aromatic heterocycles. The van der Waals surface area contributed by atoms with Crippen LogP contribution in [0.1, 0.15) is 27.3 Å². The number of hydrogen-bond acceptors (Lipinski definition) is 4. The maximum Gasteiger partial charge on any atom is 0.416 e. The standard InChI is InChI=1S/C22H22F3N5O/c1-15-5-3-8-19(13-15)30-16(2)20(26-27-30)21(31)29-11-9-28(10-12-29)18-7-4-6-17(14-18)22(23,24)25/h3-8,13-14H,9-12H2,1-2H3. The molecule has 0 N–H and O–H groups in total. The first-order valence-electron chi connectivity index (χ1n) is 9.95. The second-order valence-electron chi connectivity index (χ2n) is 7.60. The second kappa shape index (κ2) is 8.05. The van der Waals surface area contributed by atoms with Gasteiger partial charge in [0.2, 0.25) is 0 Å². The Kier molecular flexibility index (Phi) is 5.43. The van der Waals surface area contributed by atoms with E-state index in [0.29, 0.717) is 37.6 Å². The van der Waals surface area contributed by atoms with Gasteiger partial charge in [0.25, 0.3) is 5.91 Å². The Balaban J connectivity index is 1.46. The van der Waals surface area contributed by atoms with E-state index < -0.39 is 11.7 Å². The molecule has 0 unspecified atom stereocenters. The molecule has 2 heterocycles. The number of amides is 1. The number of anilines is 1. The number of piperazine rings is 1. The predicted octanol–water partition coefficient (Wildman–Crippen LogP) is 3.87. The molecule has 9 heteroatoms. The largest absolute Gasteiger partial charge is 0.416 e. The van der Waals surface area contributed by atoms with Crippen LogP contribution in [0.5, 0.6) is 0 Å². The summed E-state index contributed by atoms with van der Waals surface area (Å²) in [6, 6.07) is 13.0. The van der Waals surface area contributed by atoms with Crippen LogP contribution in [0.2, 0.25) is 0 Å². The Labute approximate surface area is 177 Å². The summed E-state index contributed by atoms with van der Waals surface area (Å²) < 4.78 is 40.6. The summed E-state index contributed by atoms with van der Waals surface area (Å²) >= 11 is 0. The summed E-state index contributed by atoms with van der Waals surface area (Å²) in [5.41, 5.74) is 2.67. The Bertz CT molecular complexity index is 1100. The summed E-state index contributed by atoms with van der Waals surface area (Å²) in [6.07, 6.45) is -4.38. The van der Waals surface area contributed by atoms with Gasteiger partial charge in [0.15, 0.2) is 5.69 Å². The molecule has 0 spiro atoms. The molecule has 3 aromatic rings. The minimum absolute atomic E-state index is 0.222. The number of alkyl halides is 3. The third kappa shape index (κ3) is 4.26. The van der Waals surface area contributed by atoms with E-state index in [0.717, 1.165) is 23.4 Å². The van der Waals surface area contributed by atoms with Gasteiger partial charge >= 0.3 is 6.18 Å². The van der Waals surface area contributed by atoms with Gasteiger partial charge in [0, 0.05) is 31.9 Å². The maximum atomic E-state index is 13.0. The summed E-state index contributed by atoms with van der Waals surface area (Å²) in [5.74, 6) is -0.222. The van der Waals surface area contributed by atoms with Gasteiger partial charge < -0.3 is 9.80 Å². The van der Waals surface area contributed by atoms with E-state index in [2.05, 4.69) is 10.3 Å². The van der Waals surface area contributed by atoms with Crippen LogP contribution < -0.4 is 4.90 Å². The lowest BCUT2D eigenvalue weighted by atomic mass is 10.1. The van der Waals surface area contributed by atoms with E-state index in [1.807, 2.05) is 36.1 Å². The zero-order valence-electron chi connectivity index (χ0n) is 17.2. The molecule has 1 aliphatic rings. The first-order chi connectivity index (χ1) is 14.7. The minimum atomic E-state index is -4.38. The minimum Gasteiger partial charge on any atom is -0.368 e. The lowest BCUT2D eigenvalue weighted by molar-refractivity contribution is -0.137. The fraction of sp³-hybridized carbons (Fsp3) is 0.318. The quantitative estimate of drug-likeness (QED) is 0.635. The van der Waals surface area contributed by atoms with Crippen molar-refractivity contribution in [3.05, 3.63) is 71.0 Å². The average molecular weight is 429 g/mol. The topological polar surface area (TPSA) is 54.3 Å².